The zero-order chi connectivity index (χ0) is 29.7. The van der Waals surface area contributed by atoms with Crippen LogP contribution in [0, 0.1) is 33.1 Å². The van der Waals surface area contributed by atoms with E-state index >= 15 is 0 Å². The number of anilines is 1. The Morgan fingerprint density at radius 1 is 0.905 bits per heavy atom. The molecule has 1 saturated heterocycles. The van der Waals surface area contributed by atoms with Crippen molar-refractivity contribution in [3.8, 4) is 5.75 Å². The van der Waals surface area contributed by atoms with E-state index in [0.717, 1.165) is 39.1 Å². The van der Waals surface area contributed by atoms with E-state index in [9.17, 15) is 34.6 Å². The number of hydrogen-bond donors (Lipinski definition) is 1. The Bertz CT molecular complexity index is 1820. The quantitative estimate of drug-likeness (QED) is 0.175. The molecule has 3 aromatic carbocycles. The SMILES string of the molecule is Cc1ccc(COc2ccc([N+](=O)[O-])cc2[C@H]2c3sc(=O)[nH]c3SC3C(=O)N(c4ccc([N+](=O)[O-])cc4)C(=O)C32)cc1. The van der Waals surface area contributed by atoms with Crippen LogP contribution < -0.4 is 14.5 Å². The van der Waals surface area contributed by atoms with Crippen molar-refractivity contribution in [3.05, 3.63) is 118 Å². The number of aromatic nitrogens is 1. The first-order chi connectivity index (χ1) is 20.1. The molecule has 1 N–H and O–H groups in total. The average Bonchev–Trinajstić information content (AvgIpc) is 3.46. The number of non-ortho nitro benzene ring substituents is 2. The van der Waals surface area contributed by atoms with E-state index in [4.69, 9.17) is 4.74 Å². The van der Waals surface area contributed by atoms with Gasteiger partial charge in [-0.2, -0.15) is 0 Å². The summed E-state index contributed by atoms with van der Waals surface area (Å²) in [5.41, 5.74) is 1.94. The molecule has 3 atom stereocenters. The maximum Gasteiger partial charge on any atom is 0.305 e. The van der Waals surface area contributed by atoms with Gasteiger partial charge in [0.25, 0.3) is 11.4 Å². The number of nitro groups is 2. The van der Waals surface area contributed by atoms with Crippen LogP contribution in [0.4, 0.5) is 17.1 Å². The van der Waals surface area contributed by atoms with Crippen molar-refractivity contribution < 1.29 is 24.2 Å². The Morgan fingerprint density at radius 3 is 2.24 bits per heavy atom. The van der Waals surface area contributed by atoms with Crippen LogP contribution in [0.2, 0.25) is 0 Å². The zero-order valence-electron chi connectivity index (χ0n) is 21.7. The van der Waals surface area contributed by atoms with Crippen molar-refractivity contribution in [1.82, 2.24) is 4.98 Å². The summed E-state index contributed by atoms with van der Waals surface area (Å²) in [6.07, 6.45) is 0. The van der Waals surface area contributed by atoms with Gasteiger partial charge in [-0.1, -0.05) is 52.9 Å². The van der Waals surface area contributed by atoms with Crippen LogP contribution in [-0.2, 0) is 16.2 Å². The number of aryl methyl sites for hydroxylation is 1. The number of carbonyl (C=O) groups is 2. The lowest BCUT2D eigenvalue weighted by Gasteiger charge is -2.30. The number of aromatic amines is 1. The normalized spacial score (nSPS) is 19.4. The standard InChI is InChI=1S/C28H20N4O8S2/c1-14-2-4-15(5-3-14)13-40-20-11-10-18(32(38)39)12-19(20)21-22-24(41-25-23(21)42-28(35)29-25)27(34)30(26(22)33)16-6-8-17(9-7-16)31(36)37/h2-12,21-22,24H,13H2,1H3,(H,29,35)/t21-,22?,24?/m1/s1. The molecule has 2 amide bonds. The van der Waals surface area contributed by atoms with Crippen molar-refractivity contribution in [2.24, 2.45) is 5.92 Å². The largest absolute Gasteiger partial charge is 0.489 e. The molecule has 0 radical (unpaired) electrons. The highest BCUT2D eigenvalue weighted by Gasteiger charge is 2.57. The summed E-state index contributed by atoms with van der Waals surface area (Å²) in [4.78, 5) is 65.7. The van der Waals surface area contributed by atoms with Gasteiger partial charge in [-0.15, -0.1) is 0 Å². The van der Waals surface area contributed by atoms with Gasteiger partial charge < -0.3 is 9.72 Å². The molecule has 212 valence electrons. The molecule has 12 nitrogen and oxygen atoms in total. The summed E-state index contributed by atoms with van der Waals surface area (Å²) in [5, 5.41) is 22.4. The summed E-state index contributed by atoms with van der Waals surface area (Å²) in [6.45, 7) is 2.09. The third kappa shape index (κ3) is 4.73. The Hall–Kier alpha value is -4.82. The van der Waals surface area contributed by atoms with Gasteiger partial charge in [-0.05, 0) is 30.7 Å². The lowest BCUT2D eigenvalue weighted by atomic mass is 9.82. The first-order valence-electron chi connectivity index (χ1n) is 12.6. The number of imide groups is 1. The molecule has 4 aromatic rings. The van der Waals surface area contributed by atoms with Crippen molar-refractivity contribution in [2.45, 2.75) is 29.7 Å². The number of fused-ring (bicyclic) bond motifs is 2. The number of hydrogen-bond acceptors (Lipinski definition) is 10. The van der Waals surface area contributed by atoms with Gasteiger partial charge in [0.1, 0.15) is 17.6 Å². The predicted molar refractivity (Wildman–Crippen MR) is 154 cm³/mol. The fraction of sp³-hybridized carbons (Fsp3) is 0.179. The first kappa shape index (κ1) is 27.4. The van der Waals surface area contributed by atoms with E-state index < -0.39 is 43.6 Å². The molecule has 1 aromatic heterocycles. The topological polar surface area (TPSA) is 166 Å². The summed E-state index contributed by atoms with van der Waals surface area (Å²) in [5.74, 6) is -2.81. The molecule has 6 rings (SSSR count). The number of nitro benzene ring substituents is 2. The van der Waals surface area contributed by atoms with E-state index in [1.54, 1.807) is 0 Å². The number of rotatable bonds is 7. The third-order valence-electron chi connectivity index (χ3n) is 7.20. The second-order valence-corrected chi connectivity index (χ2v) is 12.0. The Balaban J connectivity index is 1.45. The van der Waals surface area contributed by atoms with E-state index in [1.165, 1.54) is 42.5 Å². The van der Waals surface area contributed by atoms with Crippen molar-refractivity contribution in [2.75, 3.05) is 4.90 Å². The fourth-order valence-electron chi connectivity index (χ4n) is 5.20. The second kappa shape index (κ2) is 10.5. The summed E-state index contributed by atoms with van der Waals surface area (Å²) in [7, 11) is 0. The number of nitrogens with one attached hydrogen (secondary N) is 1. The number of nitrogens with zero attached hydrogens (tertiary/aromatic N) is 3. The first-order valence-corrected chi connectivity index (χ1v) is 14.3. The van der Waals surface area contributed by atoms with Gasteiger partial charge in [-0.25, -0.2) is 4.90 Å². The van der Waals surface area contributed by atoms with Gasteiger partial charge in [-0.3, -0.25) is 34.6 Å². The van der Waals surface area contributed by atoms with Gasteiger partial charge in [0, 0.05) is 40.6 Å². The molecule has 2 unspecified atom stereocenters. The number of benzene rings is 3. The third-order valence-corrected chi connectivity index (χ3v) is 9.60. The summed E-state index contributed by atoms with van der Waals surface area (Å²) >= 11 is 1.93. The van der Waals surface area contributed by atoms with Crippen LogP contribution >= 0.6 is 23.1 Å². The minimum absolute atomic E-state index is 0.138. The molecule has 1 fully saturated rings. The van der Waals surface area contributed by atoms with Crippen molar-refractivity contribution in [3.63, 3.8) is 0 Å². The zero-order valence-corrected chi connectivity index (χ0v) is 23.3. The Morgan fingerprint density at radius 2 is 1.57 bits per heavy atom. The number of amides is 2. The van der Waals surface area contributed by atoms with Crippen LogP contribution in [0.25, 0.3) is 0 Å². The van der Waals surface area contributed by atoms with Crippen LogP contribution in [0.1, 0.15) is 27.5 Å². The monoisotopic (exact) mass is 604 g/mol. The molecule has 2 aliphatic heterocycles. The number of ether oxygens (including phenoxy) is 1. The molecule has 3 heterocycles. The minimum Gasteiger partial charge on any atom is -0.489 e. The number of H-pyrrole nitrogens is 1. The van der Waals surface area contributed by atoms with E-state index in [0.29, 0.717) is 15.5 Å². The lowest BCUT2D eigenvalue weighted by molar-refractivity contribution is -0.385. The van der Waals surface area contributed by atoms with Gasteiger partial charge in [0.15, 0.2) is 0 Å². The molecule has 2 aliphatic rings. The highest BCUT2D eigenvalue weighted by Crippen LogP contribution is 2.55. The van der Waals surface area contributed by atoms with Crippen LogP contribution in [0.5, 0.6) is 5.75 Å². The lowest BCUT2D eigenvalue weighted by Crippen LogP contribution is -2.32. The predicted octanol–water partition coefficient (Wildman–Crippen LogP) is 4.94. The molecule has 14 heteroatoms. The number of carbonyl (C=O) groups excluding carboxylic acids is 2. The molecular weight excluding hydrogens is 584 g/mol. The summed E-state index contributed by atoms with van der Waals surface area (Å²) < 4.78 is 6.14. The van der Waals surface area contributed by atoms with E-state index in [2.05, 4.69) is 4.98 Å². The number of thioether (sulfide) groups is 1. The van der Waals surface area contributed by atoms with Crippen LogP contribution in [-0.4, -0.2) is 31.9 Å². The maximum absolute atomic E-state index is 14.0. The molecule has 42 heavy (non-hydrogen) atoms. The van der Waals surface area contributed by atoms with E-state index in [-0.39, 0.29) is 29.4 Å². The maximum atomic E-state index is 14.0. The van der Waals surface area contributed by atoms with Crippen LogP contribution in [0.3, 0.4) is 0 Å². The van der Waals surface area contributed by atoms with E-state index in [1.807, 2.05) is 31.2 Å². The molecule has 0 bridgehead atoms. The Kier molecular flexibility index (Phi) is 6.86. The number of thiazole rings is 1. The second-order valence-electron chi connectivity index (χ2n) is 9.79. The average molecular weight is 605 g/mol. The Labute approximate surface area is 245 Å². The van der Waals surface area contributed by atoms with Gasteiger partial charge in [0.05, 0.1) is 26.5 Å². The van der Waals surface area contributed by atoms with Crippen molar-refractivity contribution in [1.29, 1.82) is 0 Å². The van der Waals surface area contributed by atoms with Crippen molar-refractivity contribution >= 4 is 52.0 Å². The minimum atomic E-state index is -1.03. The molecule has 0 aliphatic carbocycles. The van der Waals surface area contributed by atoms with Crippen LogP contribution in [0.15, 0.2) is 76.6 Å². The molecule has 0 spiro atoms. The summed E-state index contributed by atoms with van der Waals surface area (Å²) in [6, 6.07) is 16.8. The molecular formula is C28H20N4O8S2. The van der Waals surface area contributed by atoms with Gasteiger partial charge >= 0.3 is 4.87 Å². The van der Waals surface area contributed by atoms with Gasteiger partial charge in [0.2, 0.25) is 11.8 Å². The smallest absolute Gasteiger partial charge is 0.305 e. The fourth-order valence-corrected chi connectivity index (χ4v) is 7.71. The molecule has 0 saturated carbocycles. The highest BCUT2D eigenvalue weighted by molar-refractivity contribution is 8.00. The highest BCUT2D eigenvalue weighted by atomic mass is 32.2.